The predicted molar refractivity (Wildman–Crippen MR) is 99.0 cm³/mol. The van der Waals surface area contributed by atoms with Crippen molar-refractivity contribution in [3.8, 4) is 11.5 Å². The van der Waals surface area contributed by atoms with Crippen molar-refractivity contribution in [3.05, 3.63) is 22.8 Å². The highest BCUT2D eigenvalue weighted by Crippen LogP contribution is 2.59. The number of aromatic carboxylic acids is 1. The second kappa shape index (κ2) is 6.15. The molecule has 26 heavy (non-hydrogen) atoms. The van der Waals surface area contributed by atoms with Gasteiger partial charge in [-0.05, 0) is 49.1 Å². The predicted octanol–water partition coefficient (Wildman–Crippen LogP) is 4.09. The molecule has 0 aromatic heterocycles. The summed E-state index contributed by atoms with van der Waals surface area (Å²) in [6.45, 7) is 10.2. The van der Waals surface area contributed by atoms with E-state index in [0.717, 1.165) is 12.8 Å². The minimum Gasteiger partial charge on any atom is -0.507 e. The fourth-order valence-corrected chi connectivity index (χ4v) is 4.87. The number of aromatic hydroxyl groups is 1. The van der Waals surface area contributed by atoms with Gasteiger partial charge in [0.25, 0.3) is 0 Å². The molecule has 1 aliphatic carbocycles. The van der Waals surface area contributed by atoms with Crippen LogP contribution in [-0.4, -0.2) is 33.0 Å². The summed E-state index contributed by atoms with van der Waals surface area (Å²) in [6, 6.07) is 1.76. The number of aryl methyl sites for hydroxylation is 1. The maximum atomic E-state index is 11.8. The van der Waals surface area contributed by atoms with Crippen molar-refractivity contribution >= 4 is 5.97 Å². The largest absolute Gasteiger partial charge is 0.507 e. The van der Waals surface area contributed by atoms with Crippen LogP contribution in [0.25, 0.3) is 0 Å². The molecule has 1 fully saturated rings. The lowest BCUT2D eigenvalue weighted by molar-refractivity contribution is -0.0998. The summed E-state index contributed by atoms with van der Waals surface area (Å²) >= 11 is 0. The Morgan fingerprint density at radius 1 is 1.38 bits per heavy atom. The fraction of sp³-hybridized carbons (Fsp3) is 0.667. The van der Waals surface area contributed by atoms with Gasteiger partial charge >= 0.3 is 5.97 Å². The molecule has 1 aliphatic heterocycles. The SMILES string of the molecule is CCCc1cc2c(c(O)c1C(=O)O)[C@H]1[C@H](C(C)(C)C)CC[C@](C)(O)[C@H]1O2. The lowest BCUT2D eigenvalue weighted by Crippen LogP contribution is -2.52. The molecule has 1 saturated carbocycles. The Morgan fingerprint density at radius 3 is 2.58 bits per heavy atom. The topological polar surface area (TPSA) is 87.0 Å². The maximum absolute atomic E-state index is 11.8. The average molecular weight is 362 g/mol. The number of carboxylic acid groups (broad SMARTS) is 1. The lowest BCUT2D eigenvalue weighted by atomic mass is 9.60. The van der Waals surface area contributed by atoms with Crippen molar-refractivity contribution in [2.45, 2.75) is 77.9 Å². The third-order valence-corrected chi connectivity index (χ3v) is 6.15. The summed E-state index contributed by atoms with van der Waals surface area (Å²) in [4.78, 5) is 11.8. The van der Waals surface area contributed by atoms with Gasteiger partial charge in [-0.15, -0.1) is 0 Å². The molecular formula is C21H30O5. The first-order valence-corrected chi connectivity index (χ1v) is 9.50. The summed E-state index contributed by atoms with van der Waals surface area (Å²) in [7, 11) is 0. The Balaban J connectivity index is 2.22. The van der Waals surface area contributed by atoms with E-state index in [4.69, 9.17) is 4.74 Å². The number of hydrogen-bond acceptors (Lipinski definition) is 4. The van der Waals surface area contributed by atoms with E-state index in [1.54, 1.807) is 13.0 Å². The molecule has 1 aromatic rings. The lowest BCUT2D eigenvalue weighted by Gasteiger charge is -2.47. The van der Waals surface area contributed by atoms with Crippen molar-refractivity contribution in [1.82, 2.24) is 0 Å². The van der Waals surface area contributed by atoms with Crippen molar-refractivity contribution in [3.63, 3.8) is 0 Å². The van der Waals surface area contributed by atoms with Crippen LogP contribution in [-0.2, 0) is 6.42 Å². The zero-order valence-electron chi connectivity index (χ0n) is 16.3. The molecular weight excluding hydrogens is 332 g/mol. The van der Waals surface area contributed by atoms with Crippen LogP contribution in [0.1, 0.15) is 81.3 Å². The first-order chi connectivity index (χ1) is 12.0. The number of ether oxygens (including phenoxy) is 1. The van der Waals surface area contributed by atoms with Crippen LogP contribution in [0.4, 0.5) is 0 Å². The van der Waals surface area contributed by atoms with Crippen LogP contribution in [0.15, 0.2) is 6.07 Å². The monoisotopic (exact) mass is 362 g/mol. The van der Waals surface area contributed by atoms with Gasteiger partial charge in [0.15, 0.2) is 0 Å². The molecule has 5 heteroatoms. The van der Waals surface area contributed by atoms with Crippen LogP contribution in [0.5, 0.6) is 11.5 Å². The molecule has 0 amide bonds. The van der Waals surface area contributed by atoms with Gasteiger partial charge in [0.1, 0.15) is 23.2 Å². The zero-order valence-corrected chi connectivity index (χ0v) is 16.3. The van der Waals surface area contributed by atoms with Gasteiger partial charge in [-0.3, -0.25) is 0 Å². The van der Waals surface area contributed by atoms with Crippen molar-refractivity contribution in [2.24, 2.45) is 11.3 Å². The average Bonchev–Trinajstić information content (AvgIpc) is 2.86. The molecule has 0 bridgehead atoms. The number of carboxylic acids is 1. The quantitative estimate of drug-likeness (QED) is 0.754. The molecule has 0 radical (unpaired) electrons. The molecule has 0 saturated heterocycles. The molecule has 3 rings (SSSR count). The van der Waals surface area contributed by atoms with Gasteiger partial charge in [-0.1, -0.05) is 34.1 Å². The van der Waals surface area contributed by atoms with Gasteiger partial charge in [0.05, 0.1) is 5.60 Å². The number of benzene rings is 1. The molecule has 5 nitrogen and oxygen atoms in total. The van der Waals surface area contributed by atoms with E-state index in [-0.39, 0.29) is 28.6 Å². The van der Waals surface area contributed by atoms with Crippen LogP contribution < -0.4 is 4.74 Å². The van der Waals surface area contributed by atoms with E-state index >= 15 is 0 Å². The second-order valence-corrected chi connectivity index (χ2v) is 9.16. The van der Waals surface area contributed by atoms with Gasteiger partial charge in [0.2, 0.25) is 0 Å². The summed E-state index contributed by atoms with van der Waals surface area (Å²) in [6.07, 6.45) is 2.28. The Morgan fingerprint density at radius 2 is 2.04 bits per heavy atom. The first-order valence-electron chi connectivity index (χ1n) is 9.50. The Bertz CT molecular complexity index is 729. The zero-order chi connectivity index (χ0) is 19.4. The Labute approximate surface area is 155 Å². The van der Waals surface area contributed by atoms with E-state index < -0.39 is 17.7 Å². The molecule has 2 aliphatic rings. The standard InChI is InChI=1S/C21H30O5/c1-6-7-11-10-13-16(17(22)14(11)19(23)24)15-12(20(2,3)4)8-9-21(5,25)18(15)26-13/h10,12,15,18,22,25H,6-9H2,1-5H3,(H,23,24)/t12-,15-,18+,21+/m1/s1. The highest BCUT2D eigenvalue weighted by molar-refractivity contribution is 5.94. The van der Waals surface area contributed by atoms with Crippen LogP contribution in [0.2, 0.25) is 0 Å². The van der Waals surface area contributed by atoms with E-state index in [2.05, 4.69) is 20.8 Å². The van der Waals surface area contributed by atoms with Gasteiger partial charge in [-0.25, -0.2) is 4.79 Å². The van der Waals surface area contributed by atoms with Gasteiger partial charge in [-0.2, -0.15) is 0 Å². The minimum absolute atomic E-state index is 0.0206. The Kier molecular flexibility index (Phi) is 4.50. The molecule has 3 N–H and O–H groups in total. The third-order valence-electron chi connectivity index (χ3n) is 6.15. The summed E-state index contributed by atoms with van der Waals surface area (Å²) in [5.74, 6) is -0.812. The van der Waals surface area contributed by atoms with Gasteiger partial charge < -0.3 is 20.1 Å². The summed E-state index contributed by atoms with van der Waals surface area (Å²) in [5.41, 5.74) is 0.0656. The van der Waals surface area contributed by atoms with Gasteiger partial charge in [0, 0.05) is 11.5 Å². The van der Waals surface area contributed by atoms with E-state index in [0.29, 0.717) is 29.7 Å². The van der Waals surface area contributed by atoms with Crippen molar-refractivity contribution in [1.29, 1.82) is 0 Å². The number of hydrogen-bond donors (Lipinski definition) is 3. The normalized spacial score (nSPS) is 30.5. The summed E-state index contributed by atoms with van der Waals surface area (Å²) < 4.78 is 6.15. The van der Waals surface area contributed by atoms with Crippen molar-refractivity contribution in [2.75, 3.05) is 0 Å². The van der Waals surface area contributed by atoms with Crippen molar-refractivity contribution < 1.29 is 24.9 Å². The molecule has 0 unspecified atom stereocenters. The highest BCUT2D eigenvalue weighted by Gasteiger charge is 2.56. The molecule has 4 atom stereocenters. The first kappa shape index (κ1) is 19.0. The molecule has 0 spiro atoms. The smallest absolute Gasteiger partial charge is 0.339 e. The highest BCUT2D eigenvalue weighted by atomic mass is 16.5. The number of carbonyl (C=O) groups is 1. The number of fused-ring (bicyclic) bond motifs is 3. The number of aliphatic hydroxyl groups is 1. The molecule has 1 aromatic carbocycles. The molecule has 144 valence electrons. The molecule has 1 heterocycles. The minimum atomic E-state index is -1.12. The van der Waals surface area contributed by atoms with E-state index in [1.165, 1.54) is 0 Å². The van der Waals surface area contributed by atoms with Crippen LogP contribution in [0, 0.1) is 11.3 Å². The maximum Gasteiger partial charge on any atom is 0.339 e. The third kappa shape index (κ3) is 2.86. The van der Waals surface area contributed by atoms with E-state index in [9.17, 15) is 20.1 Å². The van der Waals surface area contributed by atoms with Crippen LogP contribution in [0.3, 0.4) is 0 Å². The second-order valence-electron chi connectivity index (χ2n) is 9.16. The Hall–Kier alpha value is -1.75. The van der Waals surface area contributed by atoms with E-state index in [1.807, 2.05) is 6.92 Å². The summed E-state index contributed by atoms with van der Waals surface area (Å²) in [5, 5.41) is 31.5. The number of phenols is 1. The fourth-order valence-electron chi connectivity index (χ4n) is 4.87. The number of rotatable bonds is 3. The van der Waals surface area contributed by atoms with Crippen LogP contribution >= 0.6 is 0 Å².